The molecule has 2 heteroatoms. The molecule has 1 N–H and O–H groups in total. The summed E-state index contributed by atoms with van der Waals surface area (Å²) in [6, 6.07) is 3.49. The van der Waals surface area contributed by atoms with Crippen LogP contribution >= 0.6 is 11.3 Å². The molecule has 0 saturated heterocycles. The topological polar surface area (TPSA) is 12.0 Å². The van der Waals surface area contributed by atoms with E-state index in [-0.39, 0.29) is 0 Å². The highest BCUT2D eigenvalue weighted by Gasteiger charge is 2.20. The first-order valence-corrected chi connectivity index (χ1v) is 6.98. The van der Waals surface area contributed by atoms with Gasteiger partial charge in [-0.2, -0.15) is 11.3 Å². The van der Waals surface area contributed by atoms with Gasteiger partial charge in [-0.15, -0.1) is 0 Å². The third-order valence-electron chi connectivity index (χ3n) is 3.47. The van der Waals surface area contributed by atoms with E-state index < -0.39 is 0 Å². The molecule has 1 aliphatic carbocycles. The maximum absolute atomic E-state index is 3.76. The molecule has 1 fully saturated rings. The van der Waals surface area contributed by atoms with Gasteiger partial charge in [-0.05, 0) is 48.1 Å². The van der Waals surface area contributed by atoms with Crippen molar-refractivity contribution in [3.05, 3.63) is 22.4 Å². The Balaban J connectivity index is 1.86. The molecule has 0 radical (unpaired) electrons. The summed E-state index contributed by atoms with van der Waals surface area (Å²) in [6.07, 6.45) is 5.54. The summed E-state index contributed by atoms with van der Waals surface area (Å²) in [4.78, 5) is 0. The standard InChI is InChI=1S/C13H21NS/c1-10-4-3-5-13(8-10)14-11(2)12-6-7-15-9-12/h6-7,9-11,13-14H,3-5,8H2,1-2H3. The highest BCUT2D eigenvalue weighted by molar-refractivity contribution is 7.07. The van der Waals surface area contributed by atoms with Crippen LogP contribution in [0.2, 0.25) is 0 Å². The smallest absolute Gasteiger partial charge is 0.0302 e. The Kier molecular flexibility index (Phi) is 3.81. The largest absolute Gasteiger partial charge is 0.307 e. The number of rotatable bonds is 3. The van der Waals surface area contributed by atoms with Crippen LogP contribution in [0.1, 0.15) is 51.1 Å². The summed E-state index contributed by atoms with van der Waals surface area (Å²) in [5.41, 5.74) is 1.44. The molecule has 2 rings (SSSR count). The van der Waals surface area contributed by atoms with Crippen molar-refractivity contribution < 1.29 is 0 Å². The molecule has 0 amide bonds. The van der Waals surface area contributed by atoms with E-state index in [1.54, 1.807) is 11.3 Å². The average Bonchev–Trinajstić information content (AvgIpc) is 2.70. The van der Waals surface area contributed by atoms with Crippen molar-refractivity contribution in [1.82, 2.24) is 5.32 Å². The minimum Gasteiger partial charge on any atom is -0.307 e. The normalized spacial score (nSPS) is 28.9. The van der Waals surface area contributed by atoms with Gasteiger partial charge in [0.1, 0.15) is 0 Å². The van der Waals surface area contributed by atoms with Crippen LogP contribution in [0.4, 0.5) is 0 Å². The Labute approximate surface area is 96.9 Å². The highest BCUT2D eigenvalue weighted by Crippen LogP contribution is 2.26. The van der Waals surface area contributed by atoms with Gasteiger partial charge in [0.05, 0.1) is 0 Å². The molecule has 1 aromatic heterocycles. The molecule has 1 aromatic rings. The fraction of sp³-hybridized carbons (Fsp3) is 0.692. The first-order chi connectivity index (χ1) is 7.25. The second-order valence-electron chi connectivity index (χ2n) is 4.91. The molecule has 84 valence electrons. The Morgan fingerprint density at radius 2 is 2.33 bits per heavy atom. The first kappa shape index (κ1) is 11.2. The minimum absolute atomic E-state index is 0.520. The zero-order chi connectivity index (χ0) is 10.7. The second-order valence-corrected chi connectivity index (χ2v) is 5.69. The fourth-order valence-corrected chi connectivity index (χ4v) is 3.31. The first-order valence-electron chi connectivity index (χ1n) is 6.04. The van der Waals surface area contributed by atoms with Gasteiger partial charge in [-0.1, -0.05) is 19.8 Å². The molecule has 0 aromatic carbocycles. The van der Waals surface area contributed by atoms with Crippen molar-refractivity contribution >= 4 is 11.3 Å². The summed E-state index contributed by atoms with van der Waals surface area (Å²) >= 11 is 1.79. The summed E-state index contributed by atoms with van der Waals surface area (Å²) in [5, 5.41) is 8.18. The van der Waals surface area contributed by atoms with Crippen molar-refractivity contribution in [2.75, 3.05) is 0 Å². The Morgan fingerprint density at radius 3 is 3.00 bits per heavy atom. The summed E-state index contributed by atoms with van der Waals surface area (Å²) in [6.45, 7) is 4.66. The summed E-state index contributed by atoms with van der Waals surface area (Å²) < 4.78 is 0. The van der Waals surface area contributed by atoms with Crippen LogP contribution in [-0.2, 0) is 0 Å². The van der Waals surface area contributed by atoms with Gasteiger partial charge in [0, 0.05) is 12.1 Å². The predicted octanol–water partition coefficient (Wildman–Crippen LogP) is 3.98. The SMILES string of the molecule is CC1CCCC(NC(C)c2ccsc2)C1. The molecule has 15 heavy (non-hydrogen) atoms. The third kappa shape index (κ3) is 3.05. The zero-order valence-corrected chi connectivity index (χ0v) is 10.5. The van der Waals surface area contributed by atoms with Crippen LogP contribution in [0, 0.1) is 5.92 Å². The van der Waals surface area contributed by atoms with Crippen molar-refractivity contribution in [2.24, 2.45) is 5.92 Å². The van der Waals surface area contributed by atoms with Crippen LogP contribution in [-0.4, -0.2) is 6.04 Å². The maximum Gasteiger partial charge on any atom is 0.0302 e. The molecule has 0 bridgehead atoms. The molecular formula is C13H21NS. The Hall–Kier alpha value is -0.340. The van der Waals surface area contributed by atoms with Gasteiger partial charge >= 0.3 is 0 Å². The lowest BCUT2D eigenvalue weighted by Gasteiger charge is -2.30. The molecule has 1 nitrogen and oxygen atoms in total. The number of hydrogen-bond acceptors (Lipinski definition) is 2. The van der Waals surface area contributed by atoms with E-state index in [2.05, 4.69) is 36.0 Å². The van der Waals surface area contributed by atoms with Gasteiger partial charge in [0.15, 0.2) is 0 Å². The lowest BCUT2D eigenvalue weighted by Crippen LogP contribution is -2.35. The lowest BCUT2D eigenvalue weighted by atomic mass is 9.86. The number of hydrogen-bond donors (Lipinski definition) is 1. The van der Waals surface area contributed by atoms with Crippen LogP contribution < -0.4 is 5.32 Å². The minimum atomic E-state index is 0.520. The summed E-state index contributed by atoms with van der Waals surface area (Å²) in [7, 11) is 0. The Morgan fingerprint density at radius 1 is 1.47 bits per heavy atom. The average molecular weight is 223 g/mol. The fourth-order valence-electron chi connectivity index (χ4n) is 2.56. The van der Waals surface area contributed by atoms with Crippen molar-refractivity contribution in [3.8, 4) is 0 Å². The third-order valence-corrected chi connectivity index (χ3v) is 4.17. The molecule has 0 spiro atoms. The van der Waals surface area contributed by atoms with Gasteiger partial charge in [-0.3, -0.25) is 0 Å². The molecule has 1 aliphatic rings. The van der Waals surface area contributed by atoms with Crippen LogP contribution in [0.3, 0.4) is 0 Å². The van der Waals surface area contributed by atoms with E-state index in [0.717, 1.165) is 12.0 Å². The van der Waals surface area contributed by atoms with E-state index >= 15 is 0 Å². The van der Waals surface area contributed by atoms with E-state index in [0.29, 0.717) is 6.04 Å². The van der Waals surface area contributed by atoms with Crippen LogP contribution in [0.15, 0.2) is 16.8 Å². The van der Waals surface area contributed by atoms with Crippen molar-refractivity contribution in [3.63, 3.8) is 0 Å². The van der Waals surface area contributed by atoms with E-state index in [1.165, 1.54) is 31.2 Å². The van der Waals surface area contributed by atoms with Gasteiger partial charge in [0.25, 0.3) is 0 Å². The lowest BCUT2D eigenvalue weighted by molar-refractivity contribution is 0.285. The predicted molar refractivity (Wildman–Crippen MR) is 67.3 cm³/mol. The molecule has 3 atom stereocenters. The van der Waals surface area contributed by atoms with E-state index in [9.17, 15) is 0 Å². The highest BCUT2D eigenvalue weighted by atomic mass is 32.1. The van der Waals surface area contributed by atoms with Gasteiger partial charge < -0.3 is 5.32 Å². The molecule has 1 saturated carbocycles. The van der Waals surface area contributed by atoms with Crippen molar-refractivity contribution in [2.45, 2.75) is 51.6 Å². The zero-order valence-electron chi connectivity index (χ0n) is 9.70. The van der Waals surface area contributed by atoms with Gasteiger partial charge in [-0.25, -0.2) is 0 Å². The number of nitrogens with one attached hydrogen (secondary N) is 1. The van der Waals surface area contributed by atoms with Crippen LogP contribution in [0.25, 0.3) is 0 Å². The summed E-state index contributed by atoms with van der Waals surface area (Å²) in [5.74, 6) is 0.908. The molecule has 0 aliphatic heterocycles. The quantitative estimate of drug-likeness (QED) is 0.817. The van der Waals surface area contributed by atoms with Crippen LogP contribution in [0.5, 0.6) is 0 Å². The molecule has 3 unspecified atom stereocenters. The van der Waals surface area contributed by atoms with E-state index in [1.807, 2.05) is 0 Å². The molecule has 1 heterocycles. The molecular weight excluding hydrogens is 202 g/mol. The maximum atomic E-state index is 3.76. The Bertz CT molecular complexity index is 281. The second kappa shape index (κ2) is 5.13. The van der Waals surface area contributed by atoms with Gasteiger partial charge in [0.2, 0.25) is 0 Å². The van der Waals surface area contributed by atoms with E-state index in [4.69, 9.17) is 0 Å². The number of thiophene rings is 1. The monoisotopic (exact) mass is 223 g/mol. The van der Waals surface area contributed by atoms with Crippen molar-refractivity contribution in [1.29, 1.82) is 0 Å².